The van der Waals surface area contributed by atoms with Crippen LogP contribution in [-0.4, -0.2) is 0 Å². The summed E-state index contributed by atoms with van der Waals surface area (Å²) in [5, 5.41) is 0. The second-order valence-corrected chi connectivity index (χ2v) is 49.0. The van der Waals surface area contributed by atoms with Gasteiger partial charge in [0.2, 0.25) is 0 Å². The zero-order valence-corrected chi connectivity index (χ0v) is 89.1. The molecule has 132 heavy (non-hydrogen) atoms. The molecule has 0 amide bonds. The lowest BCUT2D eigenvalue weighted by Crippen LogP contribution is -2.25. The molecule has 0 nitrogen and oxygen atoms in total. The van der Waals surface area contributed by atoms with Gasteiger partial charge in [-0.2, -0.15) is 0 Å². The molecule has 0 unspecified atom stereocenters. The first-order chi connectivity index (χ1) is 64.7. The van der Waals surface area contributed by atoms with Crippen LogP contribution in [0.5, 0.6) is 0 Å². The Balaban J connectivity index is -0.000000523. The van der Waals surface area contributed by atoms with Gasteiger partial charge in [0.25, 0.3) is 0 Å². The number of allylic oxidation sites excluding steroid dienone is 8. The fraction of sp³-hybridized carbons (Fsp3) is 0.803. The van der Waals surface area contributed by atoms with Crippen LogP contribution in [0.3, 0.4) is 0 Å². The summed E-state index contributed by atoms with van der Waals surface area (Å²) in [5.74, 6) is 27.9. The minimum Gasteiger partial charge on any atom is -0.103 e. The summed E-state index contributed by atoms with van der Waals surface area (Å²) in [5.41, 5.74) is 5.93. The van der Waals surface area contributed by atoms with Crippen molar-refractivity contribution in [3.05, 3.63) is 159 Å². The molecule has 16 rings (SSSR count). The van der Waals surface area contributed by atoms with Crippen LogP contribution >= 0.6 is 0 Å². The molecular weight excluding hydrogens is 1590 g/mol. The average molecular weight is 1840 g/mol. The average Bonchev–Trinajstić information content (AvgIpc) is 0.784. The smallest absolute Gasteiger partial charge is 0 e. The van der Waals surface area contributed by atoms with E-state index in [4.69, 9.17) is 0 Å². The quantitative estimate of drug-likeness (QED) is 0.0540. The van der Waals surface area contributed by atoms with Gasteiger partial charge in [-0.25, -0.2) is 0 Å². The molecule has 14 aliphatic rings. The molecule has 0 bridgehead atoms. The molecule has 14 fully saturated rings. The fourth-order valence-electron chi connectivity index (χ4n) is 31.0. The Bertz CT molecular complexity index is 3300. The Morgan fingerprint density at radius 2 is 0.439 bits per heavy atom. The van der Waals surface area contributed by atoms with Gasteiger partial charge in [0, 0.05) is 20.0 Å². The zero-order valence-electron chi connectivity index (χ0n) is 89.1. The molecule has 776 valence electrons. The van der Waals surface area contributed by atoms with Crippen molar-refractivity contribution in [2.24, 2.45) is 154 Å². The Morgan fingerprint density at radius 3 is 0.659 bits per heavy atom. The van der Waals surface area contributed by atoms with Crippen LogP contribution in [0.2, 0.25) is 0 Å². The third-order valence-corrected chi connectivity index (χ3v) is 40.6. The minimum atomic E-state index is 0. The van der Waals surface area contributed by atoms with Crippen molar-refractivity contribution in [3.63, 3.8) is 0 Å². The number of hydrogen-bond donors (Lipinski definition) is 0. The Labute approximate surface area is 844 Å². The molecule has 0 saturated heterocycles. The Kier molecular flexibility index (Phi) is 53.7. The third-order valence-electron chi connectivity index (χ3n) is 40.6. The van der Waals surface area contributed by atoms with Gasteiger partial charge in [-0.05, 0) is 493 Å². The van der Waals surface area contributed by atoms with E-state index in [1.54, 1.807) is 36.8 Å². The van der Waals surface area contributed by atoms with Crippen molar-refractivity contribution in [2.45, 2.75) is 517 Å². The highest BCUT2D eigenvalue weighted by molar-refractivity contribution is 5.26. The normalized spacial score (nSPS) is 36.3. The van der Waals surface area contributed by atoms with Crippen LogP contribution in [0.15, 0.2) is 137 Å². The molecule has 0 heteroatoms. The van der Waals surface area contributed by atoms with Gasteiger partial charge in [-0.1, -0.05) is 297 Å². The maximum Gasteiger partial charge on any atom is 0 e. The van der Waals surface area contributed by atoms with Crippen molar-refractivity contribution in [2.75, 3.05) is 0 Å². The first-order valence-corrected chi connectivity index (χ1v) is 60.2. The van der Waals surface area contributed by atoms with E-state index in [0.29, 0.717) is 0 Å². The largest absolute Gasteiger partial charge is 0.103 e. The molecule has 14 aliphatic carbocycles. The van der Waals surface area contributed by atoms with Crippen LogP contribution in [0.4, 0.5) is 0 Å². The molecule has 0 radical (unpaired) electrons. The highest BCUT2D eigenvalue weighted by Gasteiger charge is 2.38. The Hall–Kier alpha value is -3.38. The molecule has 2 aromatic rings. The minimum absolute atomic E-state index is 0. The predicted octanol–water partition coefficient (Wildman–Crippen LogP) is 45.8. The first kappa shape index (κ1) is 111. The van der Waals surface area contributed by atoms with Crippen molar-refractivity contribution < 1.29 is 20.0 Å². The number of hydrogen-bond acceptors (Lipinski definition) is 0. The number of unbranched alkanes of at least 4 members (excludes halogenated alkanes) is 3. The molecular formula is C132H248. The summed E-state index contributed by atoms with van der Waals surface area (Å²) >= 11 is 0. The van der Waals surface area contributed by atoms with E-state index in [9.17, 15) is 0 Å². The molecule has 0 aliphatic heterocycles. The molecule has 2 aromatic carbocycles. The number of benzene rings is 2. The van der Waals surface area contributed by atoms with Crippen LogP contribution < -0.4 is 0 Å². The van der Waals surface area contributed by atoms with E-state index < -0.39 is 0 Å². The molecule has 0 atom stereocenters. The van der Waals surface area contributed by atoms with Gasteiger partial charge >= 0.3 is 0 Å². The van der Waals surface area contributed by atoms with Gasteiger partial charge in [0.05, 0.1) is 0 Å². The van der Waals surface area contributed by atoms with Crippen LogP contribution in [0, 0.1) is 168 Å². The van der Waals surface area contributed by atoms with Gasteiger partial charge in [0.15, 0.2) is 0 Å². The third kappa shape index (κ3) is 38.9. The van der Waals surface area contributed by atoms with Crippen molar-refractivity contribution >= 4 is 0 Å². The van der Waals surface area contributed by atoms with E-state index in [-0.39, 0.29) is 20.0 Å². The van der Waals surface area contributed by atoms with Crippen LogP contribution in [0.25, 0.3) is 0 Å². The van der Waals surface area contributed by atoms with Gasteiger partial charge in [-0.3, -0.25) is 0 Å². The topological polar surface area (TPSA) is 0 Å². The number of aryl methyl sites for hydroxylation is 2. The highest BCUT2D eigenvalue weighted by Crippen LogP contribution is 2.52. The molecule has 0 spiro atoms. The number of rotatable bonds is 30. The Morgan fingerprint density at radius 1 is 0.227 bits per heavy atom. The summed E-state index contributed by atoms with van der Waals surface area (Å²) in [6.07, 6.45) is 121. The van der Waals surface area contributed by atoms with Crippen molar-refractivity contribution in [1.29, 1.82) is 0 Å². The zero-order chi connectivity index (χ0) is 93.3. The van der Waals surface area contributed by atoms with Crippen LogP contribution in [-0.2, 0) is 0 Å². The predicted molar refractivity (Wildman–Crippen MR) is 616 cm³/mol. The second-order valence-electron chi connectivity index (χ2n) is 49.0. The van der Waals surface area contributed by atoms with Crippen molar-refractivity contribution in [3.8, 4) is 0 Å². The van der Waals surface area contributed by atoms with Gasteiger partial charge < -0.3 is 0 Å². The summed E-state index contributed by atoms with van der Waals surface area (Å²) < 4.78 is 0. The molecule has 14 saturated carbocycles. The molecule has 0 heterocycles. The van der Waals surface area contributed by atoms with Crippen molar-refractivity contribution in [1.82, 2.24) is 0 Å². The highest BCUT2D eigenvalue weighted by atomic mass is 14.4. The van der Waals surface area contributed by atoms with Gasteiger partial charge in [0.1, 0.15) is 0 Å². The SMILES string of the molecule is C/C=C/C1CCC(C2CCC(CCC)CC2)CC1.C=CC1CCC(C2CCC(CC)CC2)CC1.C=CC1CCC(C2CCC(CCC)CC2)CC1.C=CC1CCC(C2CCC(CCCC)CC2)CC1.C=CC1CCC(C2CCC(CCCCC)CC2)CC1.C=CC1CCC(C2CCC(c3ccc(C)cc3)CC2)CC1.C=CCCC1CCC(C2CCC(c3ccc(C)cc3)CC2)CC1.[HH].[HH].[HH].[HH].[HH].[HH].[HH].[HH].[HH].[HH].[HH].[HH].[HH].[HH]. The second kappa shape index (κ2) is 64.1. The molecule has 0 aromatic heterocycles. The lowest BCUT2D eigenvalue weighted by atomic mass is 9.68. The van der Waals surface area contributed by atoms with E-state index in [0.717, 1.165) is 166 Å². The van der Waals surface area contributed by atoms with E-state index in [2.05, 4.69) is 192 Å². The summed E-state index contributed by atoms with van der Waals surface area (Å²) in [4.78, 5) is 0. The lowest BCUT2D eigenvalue weighted by Gasteiger charge is -2.38. The van der Waals surface area contributed by atoms with Crippen LogP contribution in [0.1, 0.15) is 545 Å². The first-order valence-electron chi connectivity index (χ1n) is 60.2. The monoisotopic (exact) mass is 1830 g/mol. The lowest BCUT2D eigenvalue weighted by molar-refractivity contribution is 0.151. The standard InChI is InChI=1S/C23H34.C21H30.C19H34.2C18H32.C17H30.C16H28.14H2/c1-3-4-5-19-8-12-21(13-9-19)23-16-14-22(15-17-23)20-10-6-18(2)7-11-20;1-3-17-6-10-19(11-7-17)21-14-12-20(13-15-21)18-8-4-16(2)5-9-18;1-3-5-6-7-17-10-14-19(15-11-17)18-12-8-16(4-2)9-13-18;1-3-5-6-16-9-13-18(14-10-16)17-11-7-15(4-2)8-12-17;1-3-5-15-7-11-17(12-8-15)18-13-9-16(6-4-2)10-14-18;1-3-5-15-8-12-17(13-9-15)16-10-6-14(4-2)7-11-16;1-3-13-5-9-15(10-6-13)16-11-7-14(4-2)8-12-16;;;;;;;;;;;;;;/h3,6-7,10-11,19,21-23H,1,4-5,8-9,12-17H2,2H3;3-5,8-9,17,19-21H,1,6-7,10-15H2,2H3;4,16-19H,2-3,5-15H2,1H3;4,15-18H,2-3,5-14H2,1H3;3,5,15-18H,4,6-14H2,1-2H3;4,14-17H,2-3,5-13H2,1H3;3,13-16H,1,4-12H2,2H3;14*1H/b;;;;5-3+;;;;;;;;;;;;;;;;. The van der Waals surface area contributed by atoms with E-state index in [1.807, 2.05) is 0 Å². The van der Waals surface area contributed by atoms with Gasteiger partial charge in [-0.15, -0.1) is 39.5 Å². The summed E-state index contributed by atoms with van der Waals surface area (Å²) in [6.45, 7) is 41.9. The fourth-order valence-corrected chi connectivity index (χ4v) is 31.0. The maximum atomic E-state index is 3.97. The maximum absolute atomic E-state index is 3.97. The molecule has 0 N–H and O–H groups in total. The summed E-state index contributed by atoms with van der Waals surface area (Å²) in [7, 11) is 0. The summed E-state index contributed by atoms with van der Waals surface area (Å²) in [6, 6.07) is 18.6. The van der Waals surface area contributed by atoms with E-state index >= 15 is 0 Å². The van der Waals surface area contributed by atoms with E-state index in [1.165, 1.54) is 435 Å².